The van der Waals surface area contributed by atoms with Gasteiger partial charge in [0.15, 0.2) is 0 Å². The van der Waals surface area contributed by atoms with E-state index < -0.39 is 40.0 Å². The van der Waals surface area contributed by atoms with Gasteiger partial charge in [0.05, 0.1) is 17.9 Å². The first-order valence-electron chi connectivity index (χ1n) is 17.5. The molecule has 0 aromatic rings. The Morgan fingerprint density at radius 1 is 0.619 bits per heavy atom. The summed E-state index contributed by atoms with van der Waals surface area (Å²) in [6.45, 7) is 4.46. The molecule has 7 nitrogen and oxygen atoms in total. The van der Waals surface area contributed by atoms with Gasteiger partial charge in [0.2, 0.25) is 5.91 Å². The van der Waals surface area contributed by atoms with Crippen LogP contribution in [0.4, 0.5) is 0 Å². The molecule has 4 N–H and O–H groups in total. The Morgan fingerprint density at radius 3 is 1.45 bits per heavy atom. The molecule has 42 heavy (non-hydrogen) atoms. The lowest BCUT2D eigenvalue weighted by atomic mass is 10.0. The lowest BCUT2D eigenvalue weighted by Gasteiger charge is -2.24. The zero-order chi connectivity index (χ0) is 31.3. The summed E-state index contributed by atoms with van der Waals surface area (Å²) in [5.74, 6) is -1.47. The number of aliphatic hydroxyl groups excluding tert-OH is 2. The monoisotopic (exact) mass is 617 g/mol. The third kappa shape index (κ3) is 27.8. The first kappa shape index (κ1) is 41.0. The van der Waals surface area contributed by atoms with Crippen LogP contribution in [0.5, 0.6) is 0 Å². The quantitative estimate of drug-likeness (QED) is 0.0352. The topological polar surface area (TPSA) is 124 Å². The van der Waals surface area contributed by atoms with Crippen molar-refractivity contribution >= 4 is 16.0 Å². The molecular weight excluding hydrogens is 550 g/mol. The number of hydrogen-bond donors (Lipinski definition) is 4. The molecule has 0 spiro atoms. The van der Waals surface area contributed by atoms with Crippen molar-refractivity contribution in [2.45, 2.75) is 193 Å². The second kappa shape index (κ2) is 28.8. The summed E-state index contributed by atoms with van der Waals surface area (Å²) in [5, 5.41) is 23.3. The van der Waals surface area contributed by atoms with Crippen LogP contribution in [0.15, 0.2) is 12.2 Å². The van der Waals surface area contributed by atoms with Gasteiger partial charge in [0, 0.05) is 0 Å². The molecule has 3 unspecified atom stereocenters. The third-order valence-corrected chi connectivity index (χ3v) is 8.86. The van der Waals surface area contributed by atoms with E-state index in [1.807, 2.05) is 0 Å². The summed E-state index contributed by atoms with van der Waals surface area (Å²) in [6, 6.07) is -1.15. The van der Waals surface area contributed by atoms with Crippen LogP contribution in [0.1, 0.15) is 174 Å². The number of amides is 1. The Kier molecular flexibility index (Phi) is 28.1. The van der Waals surface area contributed by atoms with Crippen LogP contribution in [0.25, 0.3) is 0 Å². The van der Waals surface area contributed by atoms with Crippen molar-refractivity contribution in [2.75, 3.05) is 5.75 Å². The van der Waals surface area contributed by atoms with Crippen LogP contribution >= 0.6 is 0 Å². The maximum atomic E-state index is 12.5. The van der Waals surface area contributed by atoms with Gasteiger partial charge in [-0.3, -0.25) is 9.35 Å². The highest BCUT2D eigenvalue weighted by Crippen LogP contribution is 2.15. The summed E-state index contributed by atoms with van der Waals surface area (Å²) < 4.78 is 32.4. The first-order valence-corrected chi connectivity index (χ1v) is 19.1. The summed E-state index contributed by atoms with van der Waals surface area (Å²) in [5.41, 5.74) is 0. The van der Waals surface area contributed by atoms with Gasteiger partial charge < -0.3 is 15.5 Å². The van der Waals surface area contributed by atoms with Crippen molar-refractivity contribution in [3.05, 3.63) is 12.2 Å². The number of carbonyl (C=O) groups excluding carboxylic acids is 1. The first-order chi connectivity index (χ1) is 20.2. The number of rotatable bonds is 31. The Morgan fingerprint density at radius 2 is 1.00 bits per heavy atom. The zero-order valence-electron chi connectivity index (χ0n) is 27.2. The molecule has 3 atom stereocenters. The van der Waals surface area contributed by atoms with Crippen molar-refractivity contribution in [3.8, 4) is 0 Å². The molecule has 0 aromatic carbocycles. The molecule has 0 aromatic heterocycles. The number of unbranched alkanes of at least 4 members (excludes halogenated alkanes) is 20. The Labute approximate surface area is 259 Å². The third-order valence-electron chi connectivity index (χ3n) is 8.08. The summed E-state index contributed by atoms with van der Waals surface area (Å²) in [7, 11) is -4.40. The molecule has 0 heterocycles. The van der Waals surface area contributed by atoms with Gasteiger partial charge >= 0.3 is 0 Å². The minimum Gasteiger partial charge on any atom is -0.391 e. The largest absolute Gasteiger partial charge is 0.391 e. The molecule has 1 amide bonds. The molecule has 0 radical (unpaired) electrons. The van der Waals surface area contributed by atoms with E-state index in [-0.39, 0.29) is 6.42 Å². The molecular formula is C34H67NO6S. The van der Waals surface area contributed by atoms with E-state index in [9.17, 15) is 28.0 Å². The van der Waals surface area contributed by atoms with E-state index in [0.717, 1.165) is 38.5 Å². The molecule has 0 aliphatic carbocycles. The number of aliphatic hydroxyl groups is 2. The SMILES string of the molecule is CCCCCCCC/C=C\CCCCC(O)C(=O)NC(CS(=O)(=O)O)C(O)CCCCCCCCCCCCCCC. The maximum absolute atomic E-state index is 12.5. The summed E-state index contributed by atoms with van der Waals surface area (Å²) in [6.07, 6.45) is 29.4. The van der Waals surface area contributed by atoms with E-state index >= 15 is 0 Å². The Hall–Kier alpha value is -0.960. The molecule has 0 saturated carbocycles. The van der Waals surface area contributed by atoms with Gasteiger partial charge in [-0.15, -0.1) is 0 Å². The van der Waals surface area contributed by atoms with Gasteiger partial charge in [-0.25, -0.2) is 0 Å². The lowest BCUT2D eigenvalue weighted by molar-refractivity contribution is -0.131. The number of carbonyl (C=O) groups is 1. The van der Waals surface area contributed by atoms with Crippen molar-refractivity contribution in [3.63, 3.8) is 0 Å². The Bertz CT molecular complexity index is 742. The van der Waals surface area contributed by atoms with E-state index in [4.69, 9.17) is 0 Å². The number of hydrogen-bond acceptors (Lipinski definition) is 5. The zero-order valence-corrected chi connectivity index (χ0v) is 28.1. The molecule has 0 aliphatic rings. The fraction of sp³-hybridized carbons (Fsp3) is 0.912. The van der Waals surface area contributed by atoms with E-state index in [0.29, 0.717) is 19.3 Å². The molecule has 8 heteroatoms. The lowest BCUT2D eigenvalue weighted by Crippen LogP contribution is -2.50. The highest BCUT2D eigenvalue weighted by atomic mass is 32.2. The molecule has 0 rings (SSSR count). The van der Waals surface area contributed by atoms with Crippen LogP contribution in [0.2, 0.25) is 0 Å². The second-order valence-corrected chi connectivity index (χ2v) is 13.8. The minimum atomic E-state index is -4.40. The van der Waals surface area contributed by atoms with Crippen LogP contribution in [0.3, 0.4) is 0 Å². The predicted molar refractivity (Wildman–Crippen MR) is 176 cm³/mol. The van der Waals surface area contributed by atoms with Gasteiger partial charge in [-0.2, -0.15) is 8.42 Å². The average Bonchev–Trinajstić information content (AvgIpc) is 2.94. The van der Waals surface area contributed by atoms with Crippen molar-refractivity contribution < 1.29 is 28.0 Å². The predicted octanol–water partition coefficient (Wildman–Crippen LogP) is 8.43. The number of allylic oxidation sites excluding steroid dienone is 2. The van der Waals surface area contributed by atoms with E-state index in [1.54, 1.807) is 0 Å². The van der Waals surface area contributed by atoms with Gasteiger partial charge in [-0.05, 0) is 38.5 Å². The van der Waals surface area contributed by atoms with E-state index in [2.05, 4.69) is 31.3 Å². The van der Waals surface area contributed by atoms with Crippen LogP contribution in [0, 0.1) is 0 Å². The van der Waals surface area contributed by atoms with Crippen LogP contribution < -0.4 is 5.32 Å². The molecule has 0 aliphatic heterocycles. The highest BCUT2D eigenvalue weighted by molar-refractivity contribution is 7.85. The normalized spacial score (nSPS) is 14.3. The number of nitrogens with one attached hydrogen (secondary N) is 1. The highest BCUT2D eigenvalue weighted by Gasteiger charge is 2.28. The maximum Gasteiger partial charge on any atom is 0.266 e. The summed E-state index contributed by atoms with van der Waals surface area (Å²) in [4.78, 5) is 12.5. The van der Waals surface area contributed by atoms with Gasteiger partial charge in [0.25, 0.3) is 10.1 Å². The molecule has 0 fully saturated rings. The van der Waals surface area contributed by atoms with Crippen molar-refractivity contribution in [1.82, 2.24) is 5.32 Å². The molecule has 250 valence electrons. The molecule has 0 bridgehead atoms. The molecule has 0 saturated heterocycles. The van der Waals surface area contributed by atoms with Crippen molar-refractivity contribution in [2.24, 2.45) is 0 Å². The second-order valence-electron chi connectivity index (χ2n) is 12.3. The van der Waals surface area contributed by atoms with Gasteiger partial charge in [0.1, 0.15) is 6.10 Å². The van der Waals surface area contributed by atoms with Gasteiger partial charge in [-0.1, -0.05) is 148 Å². The smallest absolute Gasteiger partial charge is 0.266 e. The Balaban J connectivity index is 4.12. The minimum absolute atomic E-state index is 0.269. The standard InChI is InChI=1S/C34H67NO6S/c1-3-5-7-9-11-13-15-17-19-20-22-24-26-28-32(36)31(30-42(39,40)41)35-34(38)33(37)29-27-25-23-21-18-16-14-12-10-8-6-4-2/h18,21,31-33,36-37H,3-17,19-20,22-30H2,1-2H3,(H,35,38)(H,39,40,41)/b21-18-. The average molecular weight is 618 g/mol. The fourth-order valence-electron chi connectivity index (χ4n) is 5.34. The van der Waals surface area contributed by atoms with E-state index in [1.165, 1.54) is 96.3 Å². The summed E-state index contributed by atoms with van der Waals surface area (Å²) >= 11 is 0. The van der Waals surface area contributed by atoms with Crippen molar-refractivity contribution in [1.29, 1.82) is 0 Å². The van der Waals surface area contributed by atoms with Crippen LogP contribution in [-0.4, -0.2) is 53.1 Å². The fourth-order valence-corrected chi connectivity index (χ4v) is 6.10. The van der Waals surface area contributed by atoms with Crippen LogP contribution in [-0.2, 0) is 14.9 Å².